The Hall–Kier alpha value is -2.01. The largest absolute Gasteiger partial charge is 0.271 e. The number of nitrogens with two attached hydrogens (primary N) is 1. The Bertz CT molecular complexity index is 786. The summed E-state index contributed by atoms with van der Waals surface area (Å²) in [6, 6.07) is 13.8. The fourth-order valence-electron chi connectivity index (χ4n) is 2.47. The molecule has 0 bridgehead atoms. The zero-order chi connectivity index (χ0) is 14.8. The van der Waals surface area contributed by atoms with Crippen molar-refractivity contribution in [3.05, 3.63) is 76.7 Å². The smallest absolute Gasteiger partial charge is 0.146 e. The van der Waals surface area contributed by atoms with Crippen LogP contribution in [0.1, 0.15) is 17.2 Å². The van der Waals surface area contributed by atoms with Crippen LogP contribution in [0.15, 0.2) is 54.7 Å². The molecule has 21 heavy (non-hydrogen) atoms. The molecule has 0 saturated carbocycles. The molecule has 3 N–H and O–H groups in total. The third-order valence-electron chi connectivity index (χ3n) is 3.45. The van der Waals surface area contributed by atoms with E-state index in [-0.39, 0.29) is 5.02 Å². The minimum atomic E-state index is -0.503. The van der Waals surface area contributed by atoms with Gasteiger partial charge in [-0.05, 0) is 23.8 Å². The van der Waals surface area contributed by atoms with Gasteiger partial charge >= 0.3 is 0 Å². The molecule has 2 aromatic carbocycles. The Morgan fingerprint density at radius 1 is 1.05 bits per heavy atom. The topological polar surface area (TPSA) is 50.9 Å². The third kappa shape index (κ3) is 2.49. The Morgan fingerprint density at radius 2 is 1.81 bits per heavy atom. The molecule has 1 heterocycles. The maximum atomic E-state index is 14.3. The number of hydrazine groups is 1. The van der Waals surface area contributed by atoms with Crippen molar-refractivity contribution >= 4 is 22.5 Å². The van der Waals surface area contributed by atoms with Crippen molar-refractivity contribution in [2.24, 2.45) is 5.84 Å². The summed E-state index contributed by atoms with van der Waals surface area (Å²) in [5, 5.41) is 0.994. The van der Waals surface area contributed by atoms with Gasteiger partial charge in [-0.25, -0.2) is 9.82 Å². The van der Waals surface area contributed by atoms with Gasteiger partial charge in [-0.3, -0.25) is 10.8 Å². The number of hydrogen-bond donors (Lipinski definition) is 2. The number of nitrogens with zero attached hydrogens (tertiary/aromatic N) is 1. The van der Waals surface area contributed by atoms with E-state index in [0.717, 1.165) is 16.5 Å². The fraction of sp³-hybridized carbons (Fsp3) is 0.0625. The summed E-state index contributed by atoms with van der Waals surface area (Å²) in [5.41, 5.74) is 4.75. The van der Waals surface area contributed by atoms with E-state index in [1.807, 2.05) is 30.3 Å². The van der Waals surface area contributed by atoms with Crippen LogP contribution in [0.5, 0.6) is 0 Å². The third-order valence-corrected chi connectivity index (χ3v) is 3.74. The van der Waals surface area contributed by atoms with E-state index in [0.29, 0.717) is 5.56 Å². The number of nitrogens with one attached hydrogen (secondary N) is 1. The summed E-state index contributed by atoms with van der Waals surface area (Å²) in [4.78, 5) is 4.30. The molecule has 0 aliphatic carbocycles. The maximum absolute atomic E-state index is 14.3. The SMILES string of the molecule is NNC(c1cccc(Cl)c1F)c1cccc2ncccc12. The molecule has 0 aliphatic heterocycles. The highest BCUT2D eigenvalue weighted by molar-refractivity contribution is 6.30. The van der Waals surface area contributed by atoms with Crippen LogP contribution in [0.3, 0.4) is 0 Å². The fourth-order valence-corrected chi connectivity index (χ4v) is 2.65. The molecular weight excluding hydrogens is 289 g/mol. The molecule has 0 spiro atoms. The Balaban J connectivity index is 2.21. The van der Waals surface area contributed by atoms with Gasteiger partial charge in [0.1, 0.15) is 5.82 Å². The minimum absolute atomic E-state index is 0.0751. The summed E-state index contributed by atoms with van der Waals surface area (Å²) in [7, 11) is 0. The van der Waals surface area contributed by atoms with E-state index in [1.54, 1.807) is 18.3 Å². The van der Waals surface area contributed by atoms with Crippen molar-refractivity contribution in [2.75, 3.05) is 0 Å². The van der Waals surface area contributed by atoms with Crippen molar-refractivity contribution in [3.8, 4) is 0 Å². The Labute approximate surface area is 126 Å². The van der Waals surface area contributed by atoms with Gasteiger partial charge in [-0.15, -0.1) is 0 Å². The summed E-state index contributed by atoms with van der Waals surface area (Å²) in [6.45, 7) is 0. The predicted octanol–water partition coefficient (Wildman–Crippen LogP) is 3.58. The molecule has 1 atom stereocenters. The second-order valence-corrected chi connectivity index (χ2v) is 5.07. The number of pyridine rings is 1. The van der Waals surface area contributed by atoms with Crippen LogP contribution in [0.25, 0.3) is 10.9 Å². The normalized spacial score (nSPS) is 12.5. The first-order valence-electron chi connectivity index (χ1n) is 6.46. The molecule has 0 aliphatic rings. The van der Waals surface area contributed by atoms with Crippen LogP contribution in [-0.4, -0.2) is 4.98 Å². The number of aromatic nitrogens is 1. The number of hydrogen-bond acceptors (Lipinski definition) is 3. The van der Waals surface area contributed by atoms with Crippen molar-refractivity contribution in [1.82, 2.24) is 10.4 Å². The predicted molar refractivity (Wildman–Crippen MR) is 82.3 cm³/mol. The van der Waals surface area contributed by atoms with Crippen LogP contribution in [0, 0.1) is 5.82 Å². The molecule has 1 unspecified atom stereocenters. The average molecular weight is 302 g/mol. The van der Waals surface area contributed by atoms with Gasteiger partial charge in [-0.2, -0.15) is 0 Å². The van der Waals surface area contributed by atoms with Crippen LogP contribution < -0.4 is 11.3 Å². The number of benzene rings is 2. The molecule has 3 nitrogen and oxygen atoms in total. The maximum Gasteiger partial charge on any atom is 0.146 e. The van der Waals surface area contributed by atoms with E-state index in [2.05, 4.69) is 10.4 Å². The van der Waals surface area contributed by atoms with Crippen molar-refractivity contribution < 1.29 is 4.39 Å². The van der Waals surface area contributed by atoms with Crippen LogP contribution in [0.2, 0.25) is 5.02 Å². The second-order valence-electron chi connectivity index (χ2n) is 4.66. The summed E-state index contributed by atoms with van der Waals surface area (Å²) in [5.74, 6) is 5.20. The Kier molecular flexibility index (Phi) is 3.84. The standard InChI is InChI=1S/C16H13ClFN3/c17-13-7-1-5-12(15(13)18)16(21-19)11-4-2-8-14-10(11)6-3-9-20-14/h1-9,16,21H,19H2. The lowest BCUT2D eigenvalue weighted by Crippen LogP contribution is -2.29. The van der Waals surface area contributed by atoms with Crippen molar-refractivity contribution in [1.29, 1.82) is 0 Å². The summed E-state index contributed by atoms with van der Waals surface area (Å²) >= 11 is 5.86. The van der Waals surface area contributed by atoms with Crippen LogP contribution in [0.4, 0.5) is 4.39 Å². The van der Waals surface area contributed by atoms with Gasteiger partial charge in [0.15, 0.2) is 0 Å². The van der Waals surface area contributed by atoms with Gasteiger partial charge in [0.2, 0.25) is 0 Å². The van der Waals surface area contributed by atoms with Crippen LogP contribution in [-0.2, 0) is 0 Å². The quantitative estimate of drug-likeness (QED) is 0.574. The number of rotatable bonds is 3. The van der Waals surface area contributed by atoms with Gasteiger partial charge in [0.25, 0.3) is 0 Å². The number of halogens is 2. The molecule has 0 amide bonds. The monoisotopic (exact) mass is 301 g/mol. The van der Waals surface area contributed by atoms with E-state index in [4.69, 9.17) is 17.4 Å². The lowest BCUT2D eigenvalue weighted by Gasteiger charge is -2.19. The highest BCUT2D eigenvalue weighted by Gasteiger charge is 2.20. The lowest BCUT2D eigenvalue weighted by atomic mass is 9.95. The van der Waals surface area contributed by atoms with Gasteiger partial charge in [-0.1, -0.05) is 41.9 Å². The molecule has 1 aromatic heterocycles. The van der Waals surface area contributed by atoms with Crippen molar-refractivity contribution in [2.45, 2.75) is 6.04 Å². The number of fused-ring (bicyclic) bond motifs is 1. The zero-order valence-corrected chi connectivity index (χ0v) is 11.8. The van der Waals surface area contributed by atoms with E-state index < -0.39 is 11.9 Å². The first-order valence-corrected chi connectivity index (χ1v) is 6.84. The first kappa shape index (κ1) is 13.9. The minimum Gasteiger partial charge on any atom is -0.271 e. The van der Waals surface area contributed by atoms with Gasteiger partial charge in [0.05, 0.1) is 16.6 Å². The van der Waals surface area contributed by atoms with E-state index >= 15 is 0 Å². The molecule has 0 saturated heterocycles. The van der Waals surface area contributed by atoms with Crippen molar-refractivity contribution in [3.63, 3.8) is 0 Å². The molecule has 3 aromatic rings. The van der Waals surface area contributed by atoms with E-state index in [1.165, 1.54) is 6.07 Å². The van der Waals surface area contributed by atoms with E-state index in [9.17, 15) is 4.39 Å². The summed E-state index contributed by atoms with van der Waals surface area (Å²) in [6.07, 6.45) is 1.72. The molecular formula is C16H13ClFN3. The average Bonchev–Trinajstić information content (AvgIpc) is 2.52. The molecule has 3 rings (SSSR count). The Morgan fingerprint density at radius 3 is 2.62 bits per heavy atom. The highest BCUT2D eigenvalue weighted by atomic mass is 35.5. The first-order chi connectivity index (χ1) is 10.2. The van der Waals surface area contributed by atoms with Gasteiger partial charge in [0, 0.05) is 17.1 Å². The highest BCUT2D eigenvalue weighted by Crippen LogP contribution is 2.31. The summed E-state index contributed by atoms with van der Waals surface area (Å²) < 4.78 is 14.3. The van der Waals surface area contributed by atoms with Crippen LogP contribution >= 0.6 is 11.6 Å². The molecule has 0 radical (unpaired) electrons. The zero-order valence-electron chi connectivity index (χ0n) is 11.1. The lowest BCUT2D eigenvalue weighted by molar-refractivity contribution is 0.562. The van der Waals surface area contributed by atoms with Gasteiger partial charge < -0.3 is 0 Å². The second kappa shape index (κ2) is 5.77. The molecule has 0 fully saturated rings. The molecule has 106 valence electrons. The molecule has 5 heteroatoms.